The van der Waals surface area contributed by atoms with Crippen LogP contribution in [0.15, 0.2) is 42.6 Å². The second-order valence-electron chi connectivity index (χ2n) is 6.97. The number of rotatable bonds is 5. The van der Waals surface area contributed by atoms with E-state index >= 15 is 0 Å². The average Bonchev–Trinajstić information content (AvgIpc) is 3.27. The highest BCUT2D eigenvalue weighted by molar-refractivity contribution is 6.31. The minimum Gasteiger partial charge on any atom is -0.361 e. The third-order valence-corrected chi connectivity index (χ3v) is 5.70. The van der Waals surface area contributed by atoms with E-state index in [4.69, 9.17) is 23.2 Å². The van der Waals surface area contributed by atoms with Crippen LogP contribution < -0.4 is 10.2 Å². The lowest BCUT2D eigenvalue weighted by Gasteiger charge is -2.17. The zero-order chi connectivity index (χ0) is 20.5. The fraction of sp³-hybridized carbons (Fsp3) is 0.238. The van der Waals surface area contributed by atoms with Gasteiger partial charge in [0.2, 0.25) is 11.8 Å². The Balaban J connectivity index is 1.37. The predicted octanol–water partition coefficient (Wildman–Crippen LogP) is 4.33. The fourth-order valence-electron chi connectivity index (χ4n) is 3.63. The molecule has 1 fully saturated rings. The molecule has 29 heavy (non-hydrogen) atoms. The molecule has 2 heterocycles. The molecular formula is C21H18Cl2FN3O2. The van der Waals surface area contributed by atoms with Crippen LogP contribution in [0.4, 0.5) is 10.1 Å². The van der Waals surface area contributed by atoms with Gasteiger partial charge in [-0.25, -0.2) is 4.39 Å². The molecule has 2 aromatic carbocycles. The van der Waals surface area contributed by atoms with Gasteiger partial charge in [-0.05, 0) is 54.8 Å². The van der Waals surface area contributed by atoms with Crippen LogP contribution >= 0.6 is 23.2 Å². The Morgan fingerprint density at radius 1 is 1.24 bits per heavy atom. The van der Waals surface area contributed by atoms with Crippen molar-refractivity contribution in [2.45, 2.75) is 12.8 Å². The molecule has 8 heteroatoms. The van der Waals surface area contributed by atoms with Gasteiger partial charge in [-0.15, -0.1) is 0 Å². The van der Waals surface area contributed by atoms with Crippen LogP contribution in [0.2, 0.25) is 10.0 Å². The van der Waals surface area contributed by atoms with Gasteiger partial charge in [0.05, 0.1) is 5.02 Å². The topological polar surface area (TPSA) is 65.2 Å². The van der Waals surface area contributed by atoms with Crippen LogP contribution in [-0.4, -0.2) is 29.9 Å². The SMILES string of the molecule is O=C(NCCc1c[nH]c2ccc(Cl)cc12)C1CCN(c2ccc(Cl)c(F)c2)C1=O. The van der Waals surface area contributed by atoms with Gasteiger partial charge in [-0.2, -0.15) is 0 Å². The molecule has 0 spiro atoms. The first kappa shape index (κ1) is 19.7. The van der Waals surface area contributed by atoms with Crippen LogP contribution in [-0.2, 0) is 16.0 Å². The third kappa shape index (κ3) is 3.95. The summed E-state index contributed by atoms with van der Waals surface area (Å²) in [6.07, 6.45) is 2.89. The van der Waals surface area contributed by atoms with Crippen molar-refractivity contribution in [3.63, 3.8) is 0 Å². The molecule has 2 N–H and O–H groups in total. The molecule has 3 aromatic rings. The molecular weight excluding hydrogens is 416 g/mol. The lowest BCUT2D eigenvalue weighted by Crippen LogP contribution is -2.37. The van der Waals surface area contributed by atoms with Crippen molar-refractivity contribution in [1.29, 1.82) is 0 Å². The molecule has 0 saturated carbocycles. The summed E-state index contributed by atoms with van der Waals surface area (Å²) in [6, 6.07) is 9.80. The fourth-order valence-corrected chi connectivity index (χ4v) is 3.92. The van der Waals surface area contributed by atoms with E-state index in [-0.39, 0.29) is 16.8 Å². The highest BCUT2D eigenvalue weighted by Crippen LogP contribution is 2.28. The summed E-state index contributed by atoms with van der Waals surface area (Å²) in [5.41, 5.74) is 2.43. The number of amides is 2. The Labute approximate surface area is 176 Å². The van der Waals surface area contributed by atoms with Crippen molar-refractivity contribution in [3.05, 3.63) is 64.0 Å². The van der Waals surface area contributed by atoms with Gasteiger partial charge in [0.25, 0.3) is 0 Å². The van der Waals surface area contributed by atoms with Gasteiger partial charge in [-0.1, -0.05) is 23.2 Å². The van der Waals surface area contributed by atoms with E-state index in [1.54, 1.807) is 6.07 Å². The van der Waals surface area contributed by atoms with Crippen molar-refractivity contribution in [1.82, 2.24) is 10.3 Å². The smallest absolute Gasteiger partial charge is 0.239 e. The summed E-state index contributed by atoms with van der Waals surface area (Å²) < 4.78 is 13.7. The summed E-state index contributed by atoms with van der Waals surface area (Å²) in [4.78, 5) is 29.8. The third-order valence-electron chi connectivity index (χ3n) is 5.16. The van der Waals surface area contributed by atoms with Crippen molar-refractivity contribution in [2.24, 2.45) is 5.92 Å². The van der Waals surface area contributed by atoms with Crippen molar-refractivity contribution in [2.75, 3.05) is 18.0 Å². The average molecular weight is 434 g/mol. The number of anilines is 1. The lowest BCUT2D eigenvalue weighted by atomic mass is 10.1. The monoisotopic (exact) mass is 433 g/mol. The number of fused-ring (bicyclic) bond motifs is 1. The molecule has 0 aliphatic carbocycles. The van der Waals surface area contributed by atoms with E-state index in [2.05, 4.69) is 10.3 Å². The molecule has 150 valence electrons. The van der Waals surface area contributed by atoms with Crippen LogP contribution in [0.25, 0.3) is 10.9 Å². The first-order chi connectivity index (χ1) is 13.9. The molecule has 0 radical (unpaired) electrons. The van der Waals surface area contributed by atoms with Crippen LogP contribution in [0, 0.1) is 11.7 Å². The number of hydrogen-bond acceptors (Lipinski definition) is 2. The van der Waals surface area contributed by atoms with E-state index in [1.807, 2.05) is 24.4 Å². The molecule has 2 amide bonds. The number of benzene rings is 2. The number of nitrogens with zero attached hydrogens (tertiary/aromatic N) is 1. The van der Waals surface area contributed by atoms with Crippen LogP contribution in [0.1, 0.15) is 12.0 Å². The maximum atomic E-state index is 13.7. The summed E-state index contributed by atoms with van der Waals surface area (Å²) in [5, 5.41) is 4.49. The molecule has 4 rings (SSSR count). The molecule has 5 nitrogen and oxygen atoms in total. The lowest BCUT2D eigenvalue weighted by molar-refractivity contribution is -0.132. The Bertz CT molecular complexity index is 1100. The van der Waals surface area contributed by atoms with Gasteiger partial charge in [0.1, 0.15) is 11.7 Å². The first-order valence-electron chi connectivity index (χ1n) is 9.23. The Hall–Kier alpha value is -2.57. The number of hydrogen-bond donors (Lipinski definition) is 2. The van der Waals surface area contributed by atoms with Gasteiger partial charge >= 0.3 is 0 Å². The quantitative estimate of drug-likeness (QED) is 0.588. The number of carbonyl (C=O) groups excluding carboxylic acids is 2. The normalized spacial score (nSPS) is 16.6. The van der Waals surface area contributed by atoms with E-state index in [0.29, 0.717) is 36.6 Å². The number of halogens is 3. The first-order valence-corrected chi connectivity index (χ1v) is 9.99. The maximum Gasteiger partial charge on any atom is 0.239 e. The summed E-state index contributed by atoms with van der Waals surface area (Å²) in [6.45, 7) is 0.761. The van der Waals surface area contributed by atoms with Crippen molar-refractivity contribution >= 4 is 51.6 Å². The Kier molecular flexibility index (Phi) is 5.48. The number of nitrogens with one attached hydrogen (secondary N) is 2. The van der Waals surface area contributed by atoms with Crippen LogP contribution in [0.3, 0.4) is 0 Å². The molecule has 1 unspecified atom stereocenters. The summed E-state index contributed by atoms with van der Waals surface area (Å²) >= 11 is 11.8. The maximum absolute atomic E-state index is 13.7. The van der Waals surface area contributed by atoms with Crippen LogP contribution in [0.5, 0.6) is 0 Å². The number of aromatic amines is 1. The van der Waals surface area contributed by atoms with E-state index in [1.165, 1.54) is 17.0 Å². The molecule has 0 bridgehead atoms. The van der Waals surface area contributed by atoms with E-state index < -0.39 is 11.7 Å². The second-order valence-corrected chi connectivity index (χ2v) is 7.82. The summed E-state index contributed by atoms with van der Waals surface area (Å²) in [7, 11) is 0. The van der Waals surface area contributed by atoms with Crippen molar-refractivity contribution < 1.29 is 14.0 Å². The highest BCUT2D eigenvalue weighted by atomic mass is 35.5. The molecule has 1 saturated heterocycles. The van der Waals surface area contributed by atoms with Gasteiger partial charge in [-0.3, -0.25) is 9.59 Å². The van der Waals surface area contributed by atoms with Gasteiger partial charge < -0.3 is 15.2 Å². The number of aromatic nitrogens is 1. The molecule has 1 aliphatic heterocycles. The number of carbonyl (C=O) groups is 2. The highest BCUT2D eigenvalue weighted by Gasteiger charge is 2.37. The van der Waals surface area contributed by atoms with Crippen molar-refractivity contribution in [3.8, 4) is 0 Å². The summed E-state index contributed by atoms with van der Waals surface area (Å²) in [5.74, 6) is -2.01. The predicted molar refractivity (Wildman–Crippen MR) is 112 cm³/mol. The molecule has 1 atom stereocenters. The number of H-pyrrole nitrogens is 1. The van der Waals surface area contributed by atoms with E-state index in [0.717, 1.165) is 16.5 Å². The van der Waals surface area contributed by atoms with Gasteiger partial charge in [0, 0.05) is 40.9 Å². The Morgan fingerprint density at radius 3 is 2.86 bits per heavy atom. The minimum atomic E-state index is -0.772. The largest absolute Gasteiger partial charge is 0.361 e. The van der Waals surface area contributed by atoms with Gasteiger partial charge in [0.15, 0.2) is 0 Å². The Morgan fingerprint density at radius 2 is 2.07 bits per heavy atom. The minimum absolute atomic E-state index is 0.00624. The second kappa shape index (κ2) is 8.05. The zero-order valence-corrected chi connectivity index (χ0v) is 16.9. The molecule has 1 aliphatic rings. The standard InChI is InChI=1S/C21H18Cl2FN3O2/c22-13-1-4-19-16(9-13)12(11-26-19)5-7-25-20(28)15-6-8-27(21(15)29)14-2-3-17(23)18(24)10-14/h1-4,9-11,15,26H,5-8H2,(H,25,28). The molecule has 1 aromatic heterocycles. The van der Waals surface area contributed by atoms with E-state index in [9.17, 15) is 14.0 Å². The zero-order valence-electron chi connectivity index (χ0n) is 15.3.